The third-order valence-corrected chi connectivity index (χ3v) is 3.29. The molecule has 0 aliphatic rings. The van der Waals surface area contributed by atoms with Crippen molar-refractivity contribution in [2.45, 2.75) is 26.2 Å². The van der Waals surface area contributed by atoms with E-state index in [1.807, 2.05) is 13.0 Å². The van der Waals surface area contributed by atoms with Crippen LogP contribution in [0.5, 0.6) is 11.5 Å². The zero-order chi connectivity index (χ0) is 12.8. The van der Waals surface area contributed by atoms with Gasteiger partial charge in [-0.2, -0.15) is 0 Å². The molecule has 4 heteroatoms. The van der Waals surface area contributed by atoms with Crippen molar-refractivity contribution in [1.82, 2.24) is 0 Å². The van der Waals surface area contributed by atoms with Gasteiger partial charge in [0.1, 0.15) is 0 Å². The molecule has 0 amide bonds. The quantitative estimate of drug-likeness (QED) is 0.877. The molecule has 1 rings (SSSR count). The van der Waals surface area contributed by atoms with Gasteiger partial charge in [-0.05, 0) is 59.4 Å². The lowest BCUT2D eigenvalue weighted by Gasteiger charge is -2.16. The highest BCUT2D eigenvalue weighted by Crippen LogP contribution is 2.38. The molecule has 0 bridgehead atoms. The maximum absolute atomic E-state index is 5.59. The van der Waals surface area contributed by atoms with Crippen molar-refractivity contribution < 1.29 is 9.47 Å². The van der Waals surface area contributed by atoms with Crippen LogP contribution in [-0.4, -0.2) is 20.3 Å². The van der Waals surface area contributed by atoms with Crippen LogP contribution in [0, 0.1) is 0 Å². The lowest BCUT2D eigenvalue weighted by Crippen LogP contribution is -2.05. The molecular formula is C13H20BrNO2. The molecule has 0 fully saturated rings. The highest BCUT2D eigenvalue weighted by Gasteiger charge is 2.14. The Morgan fingerprint density at radius 3 is 2.65 bits per heavy atom. The van der Waals surface area contributed by atoms with Crippen LogP contribution in [-0.2, 0) is 0 Å². The normalized spacial score (nSPS) is 12.3. The number of hydrogen-bond acceptors (Lipinski definition) is 3. The number of rotatable bonds is 6. The minimum atomic E-state index is 0.418. The Bertz CT molecular complexity index is 369. The molecule has 0 heterocycles. The van der Waals surface area contributed by atoms with Crippen LogP contribution in [0.4, 0.5) is 0 Å². The van der Waals surface area contributed by atoms with E-state index in [0.29, 0.717) is 19.1 Å². The molecule has 0 aliphatic carbocycles. The molecule has 0 aliphatic heterocycles. The number of nitrogens with two attached hydrogens (primary N) is 1. The van der Waals surface area contributed by atoms with Gasteiger partial charge in [-0.15, -0.1) is 0 Å². The van der Waals surface area contributed by atoms with Gasteiger partial charge in [-0.1, -0.05) is 6.92 Å². The third-order valence-electron chi connectivity index (χ3n) is 2.70. The van der Waals surface area contributed by atoms with Gasteiger partial charge in [0.05, 0.1) is 18.2 Å². The van der Waals surface area contributed by atoms with Crippen molar-refractivity contribution >= 4 is 15.9 Å². The zero-order valence-corrected chi connectivity index (χ0v) is 12.2. The van der Waals surface area contributed by atoms with Crippen molar-refractivity contribution in [3.8, 4) is 11.5 Å². The Morgan fingerprint density at radius 1 is 1.41 bits per heavy atom. The maximum Gasteiger partial charge on any atom is 0.174 e. The summed E-state index contributed by atoms with van der Waals surface area (Å²) in [4.78, 5) is 0. The summed E-state index contributed by atoms with van der Waals surface area (Å²) in [6, 6.07) is 4.11. The fourth-order valence-electron chi connectivity index (χ4n) is 1.75. The van der Waals surface area contributed by atoms with Crippen LogP contribution in [0.1, 0.15) is 31.7 Å². The molecule has 1 atom stereocenters. The molecule has 17 heavy (non-hydrogen) atoms. The summed E-state index contributed by atoms with van der Waals surface area (Å²) in [6.45, 7) is 5.44. The summed E-state index contributed by atoms with van der Waals surface area (Å²) < 4.78 is 11.8. The van der Waals surface area contributed by atoms with E-state index >= 15 is 0 Å². The molecule has 2 N–H and O–H groups in total. The van der Waals surface area contributed by atoms with E-state index in [9.17, 15) is 0 Å². The molecule has 0 aromatic heterocycles. The van der Waals surface area contributed by atoms with E-state index < -0.39 is 0 Å². The number of halogens is 1. The van der Waals surface area contributed by atoms with E-state index in [-0.39, 0.29) is 0 Å². The van der Waals surface area contributed by atoms with E-state index in [2.05, 4.69) is 28.9 Å². The molecule has 1 unspecified atom stereocenters. The lowest BCUT2D eigenvalue weighted by molar-refractivity contribution is 0.309. The second-order valence-corrected chi connectivity index (χ2v) is 4.80. The average Bonchev–Trinajstić information content (AvgIpc) is 2.29. The van der Waals surface area contributed by atoms with Gasteiger partial charge < -0.3 is 15.2 Å². The lowest BCUT2D eigenvalue weighted by atomic mass is 9.97. The van der Waals surface area contributed by atoms with Gasteiger partial charge in [0.2, 0.25) is 0 Å². The number of ether oxygens (including phenoxy) is 2. The number of hydrogen-bond donors (Lipinski definition) is 1. The molecule has 1 aromatic rings. The summed E-state index contributed by atoms with van der Waals surface area (Å²) in [5.41, 5.74) is 6.80. The Hall–Kier alpha value is -0.740. The minimum Gasteiger partial charge on any atom is -0.492 e. The first-order valence-electron chi connectivity index (χ1n) is 5.84. The Morgan fingerprint density at radius 2 is 2.12 bits per heavy atom. The summed E-state index contributed by atoms with van der Waals surface area (Å²) in [5.74, 6) is 1.94. The van der Waals surface area contributed by atoms with Gasteiger partial charge in [0, 0.05) is 0 Å². The second kappa shape index (κ2) is 6.87. The Kier molecular flexibility index (Phi) is 5.78. The highest BCUT2D eigenvalue weighted by atomic mass is 79.9. The van der Waals surface area contributed by atoms with Crippen LogP contribution in [0.2, 0.25) is 0 Å². The third kappa shape index (κ3) is 3.61. The Balaban J connectivity index is 3.09. The second-order valence-electron chi connectivity index (χ2n) is 3.95. The fourth-order valence-corrected chi connectivity index (χ4v) is 2.37. The predicted molar refractivity (Wildman–Crippen MR) is 73.9 cm³/mol. The van der Waals surface area contributed by atoms with Crippen molar-refractivity contribution in [2.24, 2.45) is 5.73 Å². The van der Waals surface area contributed by atoms with Crippen LogP contribution in [0.15, 0.2) is 16.6 Å². The molecular weight excluding hydrogens is 282 g/mol. The maximum atomic E-state index is 5.59. The van der Waals surface area contributed by atoms with Gasteiger partial charge in [0.15, 0.2) is 11.5 Å². The first kappa shape index (κ1) is 14.3. The fraction of sp³-hybridized carbons (Fsp3) is 0.538. The van der Waals surface area contributed by atoms with Crippen LogP contribution < -0.4 is 15.2 Å². The molecule has 3 nitrogen and oxygen atoms in total. The van der Waals surface area contributed by atoms with Crippen LogP contribution in [0.3, 0.4) is 0 Å². The summed E-state index contributed by atoms with van der Waals surface area (Å²) >= 11 is 3.51. The molecule has 1 aromatic carbocycles. The van der Waals surface area contributed by atoms with Crippen molar-refractivity contribution in [3.05, 3.63) is 22.2 Å². The first-order chi connectivity index (χ1) is 8.13. The first-order valence-corrected chi connectivity index (χ1v) is 6.63. The van der Waals surface area contributed by atoms with E-state index in [4.69, 9.17) is 15.2 Å². The molecule has 0 spiro atoms. The van der Waals surface area contributed by atoms with Crippen molar-refractivity contribution in [3.63, 3.8) is 0 Å². The largest absolute Gasteiger partial charge is 0.492 e. The van der Waals surface area contributed by atoms with E-state index in [1.165, 1.54) is 5.56 Å². The molecule has 0 radical (unpaired) electrons. The van der Waals surface area contributed by atoms with Gasteiger partial charge in [-0.25, -0.2) is 0 Å². The smallest absolute Gasteiger partial charge is 0.174 e. The van der Waals surface area contributed by atoms with Gasteiger partial charge >= 0.3 is 0 Å². The topological polar surface area (TPSA) is 44.5 Å². The van der Waals surface area contributed by atoms with Crippen molar-refractivity contribution in [2.75, 3.05) is 20.3 Å². The zero-order valence-electron chi connectivity index (χ0n) is 10.6. The monoisotopic (exact) mass is 301 g/mol. The molecule has 96 valence electrons. The van der Waals surface area contributed by atoms with Crippen LogP contribution >= 0.6 is 15.9 Å². The average molecular weight is 302 g/mol. The summed E-state index contributed by atoms with van der Waals surface area (Å²) in [5, 5.41) is 0. The molecule has 0 saturated carbocycles. The number of benzene rings is 1. The number of methoxy groups -OCH3 is 1. The van der Waals surface area contributed by atoms with Gasteiger partial charge in [-0.3, -0.25) is 0 Å². The SMILES string of the molecule is CCOc1cc(C(C)CCN)cc(Br)c1OC. The predicted octanol–water partition coefficient (Wildman–Crippen LogP) is 3.31. The van der Waals surface area contributed by atoms with Crippen molar-refractivity contribution in [1.29, 1.82) is 0 Å². The standard InChI is InChI=1S/C13H20BrNO2/c1-4-17-12-8-10(9(2)5-6-15)7-11(14)13(12)16-3/h7-9H,4-6,15H2,1-3H3. The minimum absolute atomic E-state index is 0.418. The Labute approximate surface area is 111 Å². The van der Waals surface area contributed by atoms with E-state index in [1.54, 1.807) is 7.11 Å². The van der Waals surface area contributed by atoms with Crippen LogP contribution in [0.25, 0.3) is 0 Å². The van der Waals surface area contributed by atoms with Gasteiger partial charge in [0.25, 0.3) is 0 Å². The summed E-state index contributed by atoms with van der Waals surface area (Å²) in [7, 11) is 1.64. The summed E-state index contributed by atoms with van der Waals surface area (Å²) in [6.07, 6.45) is 0.963. The molecule has 0 saturated heterocycles. The highest BCUT2D eigenvalue weighted by molar-refractivity contribution is 9.10. The van der Waals surface area contributed by atoms with E-state index in [0.717, 1.165) is 22.4 Å².